The lowest BCUT2D eigenvalue weighted by Gasteiger charge is -2.19. The van der Waals surface area contributed by atoms with Crippen molar-refractivity contribution in [2.75, 3.05) is 13.2 Å². The first kappa shape index (κ1) is 21.5. The molecule has 0 aliphatic rings. The van der Waals surface area contributed by atoms with Gasteiger partial charge in [-0.15, -0.1) is 0 Å². The maximum Gasteiger partial charge on any atom is 0.261 e. The van der Waals surface area contributed by atoms with Gasteiger partial charge in [0, 0.05) is 11.9 Å². The van der Waals surface area contributed by atoms with Crippen LogP contribution in [0.1, 0.15) is 32.8 Å². The first-order valence-corrected chi connectivity index (χ1v) is 10.5. The summed E-state index contributed by atoms with van der Waals surface area (Å²) in [6.45, 7) is 7.32. The van der Waals surface area contributed by atoms with Crippen molar-refractivity contribution in [2.45, 2.75) is 39.8 Å². The van der Waals surface area contributed by atoms with E-state index in [-0.39, 0.29) is 5.91 Å². The second-order valence-electron chi connectivity index (χ2n) is 6.86. The molecule has 30 heavy (non-hydrogen) atoms. The van der Waals surface area contributed by atoms with E-state index >= 15 is 0 Å². The van der Waals surface area contributed by atoms with Crippen molar-refractivity contribution in [2.24, 2.45) is 0 Å². The average molecular weight is 408 g/mol. The Morgan fingerprint density at radius 2 is 1.60 bits per heavy atom. The molecule has 0 fully saturated rings. The lowest BCUT2D eigenvalue weighted by atomic mass is 10.1. The molecule has 5 nitrogen and oxygen atoms in total. The van der Waals surface area contributed by atoms with Crippen LogP contribution in [0.5, 0.6) is 17.2 Å². The van der Waals surface area contributed by atoms with Crippen LogP contribution in [-0.2, 0) is 11.3 Å². The first-order chi connectivity index (χ1) is 14.7. The van der Waals surface area contributed by atoms with Crippen LogP contribution in [0.25, 0.3) is 10.8 Å². The third-order valence-electron chi connectivity index (χ3n) is 4.76. The van der Waals surface area contributed by atoms with Gasteiger partial charge in [-0.1, -0.05) is 49.4 Å². The van der Waals surface area contributed by atoms with Gasteiger partial charge in [-0.25, -0.2) is 0 Å². The Hall–Kier alpha value is -3.21. The topological polar surface area (TPSA) is 56.8 Å². The van der Waals surface area contributed by atoms with E-state index in [0.29, 0.717) is 37.7 Å². The summed E-state index contributed by atoms with van der Waals surface area (Å²) in [6.07, 6.45) is 0.00701. The van der Waals surface area contributed by atoms with Gasteiger partial charge < -0.3 is 19.5 Å². The summed E-state index contributed by atoms with van der Waals surface area (Å²) in [5, 5.41) is 5.06. The van der Waals surface area contributed by atoms with Crippen molar-refractivity contribution >= 4 is 16.7 Å². The Labute approximate surface area is 178 Å². The molecular formula is C25H29NO4. The van der Waals surface area contributed by atoms with E-state index in [1.165, 1.54) is 0 Å². The van der Waals surface area contributed by atoms with Crippen LogP contribution in [-0.4, -0.2) is 25.2 Å². The fraction of sp³-hybridized carbons (Fsp3) is 0.320. The summed E-state index contributed by atoms with van der Waals surface area (Å²) >= 11 is 0. The molecule has 0 aliphatic heterocycles. The monoisotopic (exact) mass is 407 g/mol. The molecular weight excluding hydrogens is 378 g/mol. The summed E-state index contributed by atoms with van der Waals surface area (Å²) in [5.41, 5.74) is 0.940. The second-order valence-corrected chi connectivity index (χ2v) is 6.86. The molecule has 0 heterocycles. The van der Waals surface area contributed by atoms with Gasteiger partial charge >= 0.3 is 0 Å². The van der Waals surface area contributed by atoms with Crippen LogP contribution in [0.2, 0.25) is 0 Å². The van der Waals surface area contributed by atoms with Crippen molar-refractivity contribution in [1.29, 1.82) is 0 Å². The highest BCUT2D eigenvalue weighted by molar-refractivity contribution is 5.89. The number of carbonyl (C=O) groups is 1. The predicted molar refractivity (Wildman–Crippen MR) is 119 cm³/mol. The Bertz CT molecular complexity index is 981. The third kappa shape index (κ3) is 5.23. The number of benzene rings is 3. The molecule has 3 rings (SSSR count). The number of hydrogen-bond acceptors (Lipinski definition) is 4. The van der Waals surface area contributed by atoms with Crippen molar-refractivity contribution in [3.8, 4) is 17.2 Å². The molecule has 1 atom stereocenters. The Kier molecular flexibility index (Phi) is 7.55. The van der Waals surface area contributed by atoms with E-state index in [4.69, 9.17) is 14.2 Å². The fourth-order valence-electron chi connectivity index (χ4n) is 3.28. The van der Waals surface area contributed by atoms with Gasteiger partial charge in [0.15, 0.2) is 17.6 Å². The van der Waals surface area contributed by atoms with Gasteiger partial charge in [0.25, 0.3) is 5.91 Å². The van der Waals surface area contributed by atoms with Gasteiger partial charge in [-0.2, -0.15) is 0 Å². The van der Waals surface area contributed by atoms with Crippen molar-refractivity contribution in [3.63, 3.8) is 0 Å². The van der Waals surface area contributed by atoms with Crippen LogP contribution >= 0.6 is 0 Å². The number of fused-ring (bicyclic) bond motifs is 1. The van der Waals surface area contributed by atoms with Crippen LogP contribution in [0.4, 0.5) is 0 Å². The maximum absolute atomic E-state index is 12.8. The van der Waals surface area contributed by atoms with E-state index in [0.717, 1.165) is 22.1 Å². The molecule has 0 aromatic heterocycles. The molecule has 1 amide bonds. The first-order valence-electron chi connectivity index (χ1n) is 10.5. The smallest absolute Gasteiger partial charge is 0.261 e. The molecule has 0 spiro atoms. The largest absolute Gasteiger partial charge is 0.490 e. The minimum atomic E-state index is -0.565. The van der Waals surface area contributed by atoms with Crippen molar-refractivity contribution < 1.29 is 19.0 Å². The molecule has 158 valence electrons. The third-order valence-corrected chi connectivity index (χ3v) is 4.76. The van der Waals surface area contributed by atoms with E-state index in [1.54, 1.807) is 0 Å². The van der Waals surface area contributed by atoms with E-state index < -0.39 is 6.10 Å². The molecule has 1 N–H and O–H groups in total. The normalized spacial score (nSPS) is 11.7. The molecule has 5 heteroatoms. The van der Waals surface area contributed by atoms with Gasteiger partial charge in [0.1, 0.15) is 5.75 Å². The van der Waals surface area contributed by atoms with E-state index in [2.05, 4.69) is 5.32 Å². The van der Waals surface area contributed by atoms with Gasteiger partial charge in [-0.3, -0.25) is 4.79 Å². The molecule has 0 saturated heterocycles. The quantitative estimate of drug-likeness (QED) is 0.507. The fourth-order valence-corrected chi connectivity index (χ4v) is 3.28. The highest BCUT2D eigenvalue weighted by Gasteiger charge is 2.19. The lowest BCUT2D eigenvalue weighted by molar-refractivity contribution is -0.128. The second kappa shape index (κ2) is 10.5. The highest BCUT2D eigenvalue weighted by atomic mass is 16.5. The molecule has 0 radical (unpaired) electrons. The number of rotatable bonds is 10. The zero-order chi connectivity index (χ0) is 21.3. The van der Waals surface area contributed by atoms with Crippen molar-refractivity contribution in [3.05, 3.63) is 66.2 Å². The molecule has 0 bridgehead atoms. The van der Waals surface area contributed by atoms with Gasteiger partial charge in [0.2, 0.25) is 0 Å². The standard InChI is InChI=1S/C25H29NO4/c1-4-21(30-22-13-9-11-19-10-7-8-12-20(19)22)25(27)26-17-18-14-15-23(28-5-2)24(16-18)29-6-3/h7-16,21H,4-6,17H2,1-3H3,(H,26,27). The summed E-state index contributed by atoms with van der Waals surface area (Å²) in [6, 6.07) is 19.6. The molecule has 3 aromatic carbocycles. The number of carbonyl (C=O) groups excluding carboxylic acids is 1. The minimum absolute atomic E-state index is 0.141. The Morgan fingerprint density at radius 1 is 0.867 bits per heavy atom. The zero-order valence-corrected chi connectivity index (χ0v) is 17.8. The van der Waals surface area contributed by atoms with Crippen LogP contribution < -0.4 is 19.5 Å². The highest BCUT2D eigenvalue weighted by Crippen LogP contribution is 2.29. The van der Waals surface area contributed by atoms with Gasteiger partial charge in [0.05, 0.1) is 13.2 Å². The summed E-state index contributed by atoms with van der Waals surface area (Å²) in [4.78, 5) is 12.8. The minimum Gasteiger partial charge on any atom is -0.490 e. The number of nitrogens with one attached hydrogen (secondary N) is 1. The lowest BCUT2D eigenvalue weighted by Crippen LogP contribution is -2.37. The van der Waals surface area contributed by atoms with Crippen LogP contribution in [0, 0.1) is 0 Å². The number of hydrogen-bond donors (Lipinski definition) is 1. The van der Waals surface area contributed by atoms with Crippen molar-refractivity contribution in [1.82, 2.24) is 5.32 Å². The Morgan fingerprint density at radius 3 is 2.37 bits per heavy atom. The van der Waals surface area contributed by atoms with Gasteiger partial charge in [-0.05, 0) is 49.4 Å². The predicted octanol–water partition coefficient (Wildman–Crippen LogP) is 5.11. The maximum atomic E-state index is 12.8. The summed E-state index contributed by atoms with van der Waals surface area (Å²) in [7, 11) is 0. The Balaban J connectivity index is 1.67. The average Bonchev–Trinajstić information content (AvgIpc) is 2.77. The SMILES string of the molecule is CCOc1ccc(CNC(=O)C(CC)Oc2cccc3ccccc23)cc1OCC. The van der Waals surface area contributed by atoms with E-state index in [9.17, 15) is 4.79 Å². The molecule has 0 aliphatic carbocycles. The number of amides is 1. The summed E-state index contributed by atoms with van der Waals surface area (Å²) < 4.78 is 17.3. The van der Waals surface area contributed by atoms with E-state index in [1.807, 2.05) is 81.4 Å². The molecule has 3 aromatic rings. The van der Waals surface area contributed by atoms with Crippen LogP contribution in [0.3, 0.4) is 0 Å². The number of ether oxygens (including phenoxy) is 3. The van der Waals surface area contributed by atoms with Crippen LogP contribution in [0.15, 0.2) is 60.7 Å². The zero-order valence-electron chi connectivity index (χ0n) is 17.8. The molecule has 0 saturated carbocycles. The summed E-state index contributed by atoms with van der Waals surface area (Å²) in [5.74, 6) is 1.97. The molecule has 1 unspecified atom stereocenters.